The number of pyridine rings is 1. The molecule has 0 aliphatic heterocycles. The summed E-state index contributed by atoms with van der Waals surface area (Å²) >= 11 is 5.85. The van der Waals surface area contributed by atoms with Crippen LogP contribution >= 0.6 is 11.6 Å². The van der Waals surface area contributed by atoms with Crippen molar-refractivity contribution in [3.05, 3.63) is 71.0 Å². The fraction of sp³-hybridized carbons (Fsp3) is 0.211. The highest BCUT2D eigenvalue weighted by Gasteiger charge is 2.13. The maximum absolute atomic E-state index is 12.5. The van der Waals surface area contributed by atoms with Gasteiger partial charge in [0.1, 0.15) is 0 Å². The van der Waals surface area contributed by atoms with Gasteiger partial charge in [0, 0.05) is 36.6 Å². The van der Waals surface area contributed by atoms with Crippen LogP contribution in [0.15, 0.2) is 54.9 Å². The van der Waals surface area contributed by atoms with Crippen molar-refractivity contribution in [2.75, 3.05) is 13.7 Å². The van der Waals surface area contributed by atoms with Crippen molar-refractivity contribution in [2.24, 2.45) is 0 Å². The van der Waals surface area contributed by atoms with Crippen LogP contribution < -0.4 is 0 Å². The van der Waals surface area contributed by atoms with Crippen LogP contribution in [0.3, 0.4) is 0 Å². The van der Waals surface area contributed by atoms with Crippen LogP contribution in [-0.4, -0.2) is 35.4 Å². The number of carbonyl (C=O) groups excluding carboxylic acids is 2. The summed E-state index contributed by atoms with van der Waals surface area (Å²) in [6.45, 7) is 0.639. The van der Waals surface area contributed by atoms with Crippen molar-refractivity contribution in [1.29, 1.82) is 0 Å². The fourth-order valence-electron chi connectivity index (χ4n) is 2.15. The van der Waals surface area contributed by atoms with Gasteiger partial charge in [-0.15, -0.1) is 0 Å². The maximum Gasteiger partial charge on any atom is 0.307 e. The van der Waals surface area contributed by atoms with Gasteiger partial charge in [-0.25, -0.2) is 0 Å². The van der Waals surface area contributed by atoms with Gasteiger partial charge in [-0.3, -0.25) is 14.6 Å². The molecule has 2 aromatic rings. The van der Waals surface area contributed by atoms with E-state index in [0.29, 0.717) is 11.6 Å². The highest BCUT2D eigenvalue weighted by Crippen LogP contribution is 2.11. The molecule has 0 aliphatic carbocycles. The molecule has 130 valence electrons. The maximum atomic E-state index is 12.5. The minimum absolute atomic E-state index is 0.136. The number of hydrogen-bond donors (Lipinski definition) is 0. The molecule has 0 spiro atoms. The Morgan fingerprint density at radius 2 is 2.00 bits per heavy atom. The smallest absolute Gasteiger partial charge is 0.307 e. The van der Waals surface area contributed by atoms with Crippen LogP contribution in [0.1, 0.15) is 17.5 Å². The highest BCUT2D eigenvalue weighted by molar-refractivity contribution is 6.30. The zero-order valence-corrected chi connectivity index (χ0v) is 14.6. The van der Waals surface area contributed by atoms with E-state index in [2.05, 4.69) is 9.72 Å². The molecule has 1 amide bonds. The second kappa shape index (κ2) is 9.59. The van der Waals surface area contributed by atoms with E-state index in [1.165, 1.54) is 13.2 Å². The Bertz CT molecular complexity index is 730. The Labute approximate surface area is 151 Å². The third-order valence-electron chi connectivity index (χ3n) is 3.51. The number of carbonyl (C=O) groups is 2. The lowest BCUT2D eigenvalue weighted by Crippen LogP contribution is -2.31. The minimum Gasteiger partial charge on any atom is -0.469 e. The number of esters is 1. The van der Waals surface area contributed by atoms with Crippen LogP contribution in [0.25, 0.3) is 6.08 Å². The zero-order chi connectivity index (χ0) is 18.1. The van der Waals surface area contributed by atoms with Gasteiger partial charge in [0.2, 0.25) is 5.91 Å². The fourth-order valence-corrected chi connectivity index (χ4v) is 2.28. The van der Waals surface area contributed by atoms with Gasteiger partial charge in [0.15, 0.2) is 0 Å². The Morgan fingerprint density at radius 3 is 2.64 bits per heavy atom. The number of rotatable bonds is 7. The number of benzene rings is 1. The molecule has 1 aromatic carbocycles. The third kappa shape index (κ3) is 6.39. The van der Waals surface area contributed by atoms with E-state index < -0.39 is 0 Å². The molecule has 1 aromatic heterocycles. The second-order valence-electron chi connectivity index (χ2n) is 5.33. The predicted molar refractivity (Wildman–Crippen MR) is 96.8 cm³/mol. The van der Waals surface area contributed by atoms with E-state index in [0.717, 1.165) is 11.1 Å². The van der Waals surface area contributed by atoms with E-state index >= 15 is 0 Å². The summed E-state index contributed by atoms with van der Waals surface area (Å²) in [5.41, 5.74) is 1.76. The summed E-state index contributed by atoms with van der Waals surface area (Å²) < 4.78 is 4.65. The number of halogens is 1. The number of hydrogen-bond acceptors (Lipinski definition) is 4. The van der Waals surface area contributed by atoms with Crippen molar-refractivity contribution in [1.82, 2.24) is 9.88 Å². The lowest BCUT2D eigenvalue weighted by Gasteiger charge is -2.20. The highest BCUT2D eigenvalue weighted by atomic mass is 35.5. The Kier molecular flexibility index (Phi) is 7.16. The van der Waals surface area contributed by atoms with Gasteiger partial charge in [-0.1, -0.05) is 29.8 Å². The monoisotopic (exact) mass is 358 g/mol. The summed E-state index contributed by atoms with van der Waals surface area (Å²) in [6.07, 6.45) is 6.70. The lowest BCUT2D eigenvalue weighted by atomic mass is 10.2. The molecule has 0 bridgehead atoms. The van der Waals surface area contributed by atoms with E-state index in [1.807, 2.05) is 24.3 Å². The quantitative estimate of drug-likeness (QED) is 0.562. The number of aromatic nitrogens is 1. The molecule has 25 heavy (non-hydrogen) atoms. The summed E-state index contributed by atoms with van der Waals surface area (Å²) in [4.78, 5) is 29.6. The normalized spacial score (nSPS) is 10.6. The van der Waals surface area contributed by atoms with Crippen molar-refractivity contribution in [3.63, 3.8) is 0 Å². The molecule has 0 fully saturated rings. The van der Waals surface area contributed by atoms with Crippen molar-refractivity contribution in [3.8, 4) is 0 Å². The molecule has 0 atom stereocenters. The van der Waals surface area contributed by atoms with Crippen molar-refractivity contribution in [2.45, 2.75) is 13.0 Å². The molecule has 0 N–H and O–H groups in total. The average Bonchev–Trinajstić information content (AvgIpc) is 2.64. The van der Waals surface area contributed by atoms with Gasteiger partial charge in [-0.2, -0.15) is 0 Å². The minimum atomic E-state index is -0.356. The van der Waals surface area contributed by atoms with E-state index in [4.69, 9.17) is 11.6 Å². The summed E-state index contributed by atoms with van der Waals surface area (Å²) in [5, 5.41) is 0.639. The summed E-state index contributed by atoms with van der Waals surface area (Å²) in [6, 6.07) is 10.9. The van der Waals surface area contributed by atoms with Crippen LogP contribution in [-0.2, 0) is 20.9 Å². The molecule has 2 rings (SSSR count). The zero-order valence-electron chi connectivity index (χ0n) is 13.9. The topological polar surface area (TPSA) is 59.5 Å². The standard InChI is InChI=1S/C19H19ClN2O3/c1-25-19(24)10-12-22(14-16-3-2-11-21-13-16)18(23)9-6-15-4-7-17(20)8-5-15/h2-9,11,13H,10,12,14H2,1H3/b9-6+. The molecule has 0 unspecified atom stereocenters. The first-order valence-electron chi connectivity index (χ1n) is 7.77. The Hall–Kier alpha value is -2.66. The van der Waals surface area contributed by atoms with Gasteiger partial charge in [0.25, 0.3) is 0 Å². The second-order valence-corrected chi connectivity index (χ2v) is 5.77. The first-order valence-corrected chi connectivity index (χ1v) is 8.14. The summed E-state index contributed by atoms with van der Waals surface area (Å²) in [7, 11) is 1.33. The Balaban J connectivity index is 2.07. The molecular formula is C19H19ClN2O3. The molecule has 0 aliphatic rings. The van der Waals surface area contributed by atoms with E-state index in [1.54, 1.807) is 35.5 Å². The first kappa shape index (κ1) is 18.7. The van der Waals surface area contributed by atoms with Crippen LogP contribution in [0, 0.1) is 0 Å². The lowest BCUT2D eigenvalue weighted by molar-refractivity contribution is -0.141. The van der Waals surface area contributed by atoms with E-state index in [9.17, 15) is 9.59 Å². The first-order chi connectivity index (χ1) is 12.1. The number of ether oxygens (including phenoxy) is 1. The van der Waals surface area contributed by atoms with Crippen LogP contribution in [0.2, 0.25) is 5.02 Å². The number of nitrogens with zero attached hydrogens (tertiary/aromatic N) is 2. The average molecular weight is 359 g/mol. The van der Waals surface area contributed by atoms with E-state index in [-0.39, 0.29) is 24.8 Å². The van der Waals surface area contributed by atoms with Crippen LogP contribution in [0.4, 0.5) is 0 Å². The summed E-state index contributed by atoms with van der Waals surface area (Å²) in [5.74, 6) is -0.548. The predicted octanol–water partition coefficient (Wildman–Crippen LogP) is 3.34. The molecule has 1 heterocycles. The number of methoxy groups -OCH3 is 1. The number of amides is 1. The molecule has 6 heteroatoms. The SMILES string of the molecule is COC(=O)CCN(Cc1cccnc1)C(=O)/C=C/c1ccc(Cl)cc1. The third-order valence-corrected chi connectivity index (χ3v) is 3.76. The van der Waals surface area contributed by atoms with Crippen molar-refractivity contribution < 1.29 is 14.3 Å². The molecule has 0 saturated heterocycles. The molecule has 5 nitrogen and oxygen atoms in total. The van der Waals surface area contributed by atoms with Crippen molar-refractivity contribution >= 4 is 29.6 Å². The van der Waals surface area contributed by atoms with Gasteiger partial charge < -0.3 is 9.64 Å². The van der Waals surface area contributed by atoms with Gasteiger partial charge >= 0.3 is 5.97 Å². The van der Waals surface area contributed by atoms with Crippen LogP contribution in [0.5, 0.6) is 0 Å². The van der Waals surface area contributed by atoms with Gasteiger partial charge in [0.05, 0.1) is 13.5 Å². The molecular weight excluding hydrogens is 340 g/mol. The molecule has 0 radical (unpaired) electrons. The Morgan fingerprint density at radius 1 is 1.24 bits per heavy atom. The molecule has 0 saturated carbocycles. The largest absolute Gasteiger partial charge is 0.469 e. The van der Waals surface area contributed by atoms with Gasteiger partial charge in [-0.05, 0) is 35.4 Å².